The van der Waals surface area contributed by atoms with Crippen molar-refractivity contribution in [2.45, 2.75) is 33.2 Å². The second kappa shape index (κ2) is 19.5. The smallest absolute Gasteiger partial charge is 0.416 e. The van der Waals surface area contributed by atoms with Crippen LogP contribution < -0.4 is 9.47 Å². The van der Waals surface area contributed by atoms with Gasteiger partial charge in [-0.25, -0.2) is 14.8 Å². The summed E-state index contributed by atoms with van der Waals surface area (Å²) in [7, 11) is 1.54. The summed E-state index contributed by atoms with van der Waals surface area (Å²) in [5.41, 5.74) is 5.43. The fourth-order valence-electron chi connectivity index (χ4n) is 5.15. The van der Waals surface area contributed by atoms with Crippen molar-refractivity contribution in [2.75, 3.05) is 13.7 Å². The van der Waals surface area contributed by atoms with E-state index >= 15 is 0 Å². The van der Waals surface area contributed by atoms with E-state index in [-0.39, 0.29) is 6.54 Å². The van der Waals surface area contributed by atoms with Crippen LogP contribution in [0.5, 0.6) is 11.5 Å². The van der Waals surface area contributed by atoms with Gasteiger partial charge in [-0.05, 0) is 78.3 Å². The number of carbonyl (C=O) groups is 2. The maximum absolute atomic E-state index is 12.7. The van der Waals surface area contributed by atoms with Gasteiger partial charge >= 0.3 is 12.1 Å². The Hall–Kier alpha value is -6.38. The highest BCUT2D eigenvalue weighted by molar-refractivity contribution is 9.12. The van der Waals surface area contributed by atoms with E-state index in [0.717, 1.165) is 50.1 Å². The zero-order valence-electron chi connectivity index (χ0n) is 30.0. The minimum Gasteiger partial charge on any atom is -0.497 e. The molecule has 0 radical (unpaired) electrons. The Morgan fingerprint density at radius 1 is 0.796 bits per heavy atom. The summed E-state index contributed by atoms with van der Waals surface area (Å²) in [6, 6.07) is 33.6. The first-order valence-electron chi connectivity index (χ1n) is 16.9. The first-order valence-corrected chi connectivity index (χ1v) is 17.7. The number of carboxylic acid groups (broad SMARTS) is 1. The number of aliphatic carboxylic acids is 1. The first-order chi connectivity index (χ1) is 26.2. The third-order valence-electron chi connectivity index (χ3n) is 7.97. The molecule has 10 nitrogen and oxygen atoms in total. The molecule has 6 aromatic rings. The second-order valence-electron chi connectivity index (χ2n) is 11.9. The zero-order chi connectivity index (χ0) is 38.3. The molecular formula is C43H38BrN3O7. The van der Waals surface area contributed by atoms with Gasteiger partial charge < -0.3 is 23.4 Å². The number of allylic oxidation sites excluding steroid dienone is 1. The lowest BCUT2D eigenvalue weighted by Crippen LogP contribution is -2.37. The number of benzene rings is 4. The predicted molar refractivity (Wildman–Crippen MR) is 210 cm³/mol. The molecule has 274 valence electrons. The molecule has 4 aromatic carbocycles. The monoisotopic (exact) mass is 787 g/mol. The lowest BCUT2D eigenvalue weighted by Gasteiger charge is -2.20. The number of rotatable bonds is 12. The normalized spacial score (nSPS) is 10.5. The lowest BCUT2D eigenvalue weighted by molar-refractivity contribution is -0.138. The van der Waals surface area contributed by atoms with Crippen molar-refractivity contribution < 1.29 is 33.0 Å². The molecule has 0 saturated carbocycles. The van der Waals surface area contributed by atoms with Crippen LogP contribution in [0.3, 0.4) is 0 Å². The number of carboxylic acids is 1. The third kappa shape index (κ3) is 11.3. The van der Waals surface area contributed by atoms with Gasteiger partial charge in [0.05, 0.1) is 24.9 Å². The molecule has 2 aromatic heterocycles. The van der Waals surface area contributed by atoms with Crippen LogP contribution in [-0.4, -0.2) is 45.7 Å². The van der Waals surface area contributed by atoms with Gasteiger partial charge in [-0.1, -0.05) is 78.7 Å². The van der Waals surface area contributed by atoms with Crippen LogP contribution >= 0.6 is 15.9 Å². The topological polar surface area (TPSA) is 128 Å². The second-order valence-corrected chi connectivity index (χ2v) is 12.3. The maximum Gasteiger partial charge on any atom is 0.416 e. The van der Waals surface area contributed by atoms with Gasteiger partial charge in [0.25, 0.3) is 0 Å². The van der Waals surface area contributed by atoms with Gasteiger partial charge in [-0.2, -0.15) is 0 Å². The van der Waals surface area contributed by atoms with Gasteiger partial charge in [0.15, 0.2) is 0 Å². The van der Waals surface area contributed by atoms with E-state index in [1.54, 1.807) is 24.3 Å². The number of aryl methyl sites for hydroxylation is 2. The van der Waals surface area contributed by atoms with E-state index in [1.807, 2.05) is 111 Å². The molecule has 0 unspecified atom stereocenters. The fraction of sp³-hybridized carbons (Fsp3) is 0.163. The summed E-state index contributed by atoms with van der Waals surface area (Å²) in [4.78, 5) is 36.9. The van der Waals surface area contributed by atoms with Gasteiger partial charge in [0.2, 0.25) is 11.8 Å². The van der Waals surface area contributed by atoms with E-state index in [9.17, 15) is 14.7 Å². The molecule has 1 N–H and O–H groups in total. The van der Waals surface area contributed by atoms with Crippen LogP contribution in [0.25, 0.3) is 29.0 Å². The summed E-state index contributed by atoms with van der Waals surface area (Å²) in [6.07, 6.45) is 4.46. The highest BCUT2D eigenvalue weighted by Crippen LogP contribution is 2.23. The Bertz CT molecular complexity index is 2220. The number of carbonyl (C=O) groups excluding carboxylic acids is 1. The molecule has 0 aliphatic rings. The summed E-state index contributed by atoms with van der Waals surface area (Å²) in [5.74, 6) is 5.57. The summed E-state index contributed by atoms with van der Waals surface area (Å²) in [5, 5.41) is 9.28. The van der Waals surface area contributed by atoms with E-state index < -0.39 is 18.6 Å². The number of ether oxygens (including phenoxy) is 2. The molecule has 0 saturated heterocycles. The van der Waals surface area contributed by atoms with E-state index in [2.05, 4.69) is 36.6 Å². The predicted octanol–water partition coefficient (Wildman–Crippen LogP) is 9.55. The van der Waals surface area contributed by atoms with Crippen LogP contribution in [0.4, 0.5) is 4.79 Å². The van der Waals surface area contributed by atoms with Crippen molar-refractivity contribution >= 4 is 34.1 Å². The number of halogens is 1. The number of nitrogens with zero attached hydrogens (tertiary/aromatic N) is 3. The van der Waals surface area contributed by atoms with Crippen molar-refractivity contribution in [3.63, 3.8) is 0 Å². The molecule has 0 bridgehead atoms. The van der Waals surface area contributed by atoms with Crippen molar-refractivity contribution in [1.29, 1.82) is 0 Å². The van der Waals surface area contributed by atoms with Gasteiger partial charge in [0, 0.05) is 40.0 Å². The summed E-state index contributed by atoms with van der Waals surface area (Å²) in [6.45, 7) is 3.41. The number of hydrogen-bond donors (Lipinski definition) is 1. The van der Waals surface area contributed by atoms with E-state index in [1.165, 1.54) is 7.11 Å². The highest BCUT2D eigenvalue weighted by Gasteiger charge is 2.20. The fourth-order valence-corrected chi connectivity index (χ4v) is 5.29. The summed E-state index contributed by atoms with van der Waals surface area (Å²) < 4.78 is 21.9. The molecular weight excluding hydrogens is 750 g/mol. The Morgan fingerprint density at radius 2 is 1.35 bits per heavy atom. The average molecular weight is 789 g/mol. The van der Waals surface area contributed by atoms with Gasteiger partial charge in [-0.15, -0.1) is 0 Å². The van der Waals surface area contributed by atoms with Gasteiger partial charge in [-0.3, -0.25) is 9.69 Å². The van der Waals surface area contributed by atoms with Crippen LogP contribution in [0.15, 0.2) is 124 Å². The van der Waals surface area contributed by atoms with E-state index in [0.29, 0.717) is 36.1 Å². The Morgan fingerprint density at radius 3 is 1.91 bits per heavy atom. The quantitative estimate of drug-likeness (QED) is 0.121. The van der Waals surface area contributed by atoms with E-state index in [4.69, 9.17) is 18.3 Å². The molecule has 11 heteroatoms. The SMILES string of the molecule is COc1ccc(OC(=O)N(CC(=O)O)Cc2ccc(/C=C/Cc3nc(-c4ccccc4)oc3C)cc2)cc1.Cc1oc(-c2ccccc2)nc1CC#CBr. The first kappa shape index (κ1) is 38.8. The molecule has 0 fully saturated rings. The zero-order valence-corrected chi connectivity index (χ0v) is 31.6. The minimum atomic E-state index is -1.13. The molecule has 1 amide bonds. The maximum atomic E-state index is 12.7. The Kier molecular flexibility index (Phi) is 14.0. The van der Waals surface area contributed by atoms with Crippen molar-refractivity contribution in [3.05, 3.63) is 149 Å². The number of hydrogen-bond acceptors (Lipinski definition) is 8. The van der Waals surface area contributed by atoms with Crippen molar-refractivity contribution in [1.82, 2.24) is 14.9 Å². The van der Waals surface area contributed by atoms with Crippen LogP contribution in [0.2, 0.25) is 0 Å². The largest absolute Gasteiger partial charge is 0.497 e. The number of amides is 1. The molecule has 6 rings (SSSR count). The Balaban J connectivity index is 0.000000291. The van der Waals surface area contributed by atoms with Crippen LogP contribution in [0.1, 0.15) is 34.0 Å². The summed E-state index contributed by atoms with van der Waals surface area (Å²) >= 11 is 3.06. The molecule has 0 aliphatic carbocycles. The average Bonchev–Trinajstić information content (AvgIpc) is 3.76. The van der Waals surface area contributed by atoms with Gasteiger partial charge in [0.1, 0.15) is 29.6 Å². The van der Waals surface area contributed by atoms with Crippen LogP contribution in [0, 0.1) is 24.6 Å². The number of methoxy groups -OCH3 is 1. The highest BCUT2D eigenvalue weighted by atomic mass is 79.9. The lowest BCUT2D eigenvalue weighted by atomic mass is 10.1. The van der Waals surface area contributed by atoms with Crippen LogP contribution in [-0.2, 0) is 24.2 Å². The third-order valence-corrected chi connectivity index (χ3v) is 8.25. The Labute approximate surface area is 322 Å². The minimum absolute atomic E-state index is 0.0890. The molecule has 0 atom stereocenters. The molecule has 2 heterocycles. The van der Waals surface area contributed by atoms with Crippen molar-refractivity contribution in [3.8, 4) is 45.2 Å². The standard InChI is InChI=1S/C30H28N2O6.C13H10BrNO/c1-21-27(31-29(37-21)24-8-4-3-5-9-24)10-6-7-22-11-13-23(14-12-22)19-32(20-28(33)34)30(35)38-26-17-15-25(36-2)16-18-26;1-10-12(8-5-9-14)15-13(16-10)11-6-3-2-4-7-11/h3-9,11-18H,10,19-20H2,1-2H3,(H,33,34);2-4,6-7H,8H2,1H3/b7-6+;. The number of aromatic nitrogens is 2. The number of oxazole rings is 2. The van der Waals surface area contributed by atoms with Crippen molar-refractivity contribution in [2.24, 2.45) is 0 Å². The molecule has 54 heavy (non-hydrogen) atoms. The molecule has 0 spiro atoms. The molecule has 0 aliphatic heterocycles.